The second-order valence-corrected chi connectivity index (χ2v) is 5.72. The van der Waals surface area contributed by atoms with Gasteiger partial charge in [-0.05, 0) is 48.5 Å². The highest BCUT2D eigenvalue weighted by Crippen LogP contribution is 2.37. The summed E-state index contributed by atoms with van der Waals surface area (Å²) in [5, 5.41) is 2.67. The van der Waals surface area contributed by atoms with Crippen molar-refractivity contribution in [2.75, 3.05) is 12.4 Å². The molecule has 0 unspecified atom stereocenters. The minimum absolute atomic E-state index is 0.000120. The summed E-state index contributed by atoms with van der Waals surface area (Å²) >= 11 is 4.87. The highest BCUT2D eigenvalue weighted by molar-refractivity contribution is 7.80. The van der Waals surface area contributed by atoms with Gasteiger partial charge in [0.15, 0.2) is 0 Å². The van der Waals surface area contributed by atoms with Crippen LogP contribution in [-0.4, -0.2) is 12.3 Å². The summed E-state index contributed by atoms with van der Waals surface area (Å²) in [5.41, 5.74) is -0.0614. The average Bonchev–Trinajstić information content (AvgIpc) is 2.60. The molecule has 0 spiro atoms. The number of aryl methyl sites for hydroxylation is 1. The molecule has 0 aliphatic heterocycles. The van der Waals surface area contributed by atoms with Crippen molar-refractivity contribution in [2.24, 2.45) is 0 Å². The fraction of sp³-hybridized carbons (Fsp3) is 0.278. The molecule has 0 aliphatic rings. The van der Waals surface area contributed by atoms with Gasteiger partial charge < -0.3 is 14.8 Å². The first-order valence-corrected chi connectivity index (χ1v) is 8.12. The van der Waals surface area contributed by atoms with Gasteiger partial charge in [-0.25, -0.2) is 4.39 Å². The molecule has 0 amide bonds. The molecule has 0 heterocycles. The lowest BCUT2D eigenvalue weighted by Crippen LogP contribution is -2.14. The maximum atomic E-state index is 14.1. The molecule has 3 nitrogen and oxygen atoms in total. The Hall–Kier alpha value is -2.35. The molecule has 1 N–H and O–H groups in total. The topological polar surface area (TPSA) is 30.5 Å². The summed E-state index contributed by atoms with van der Waals surface area (Å²) < 4.78 is 64.0. The third-order valence-electron chi connectivity index (χ3n) is 3.67. The molecule has 0 aliphatic carbocycles. The zero-order valence-electron chi connectivity index (χ0n) is 14.1. The third-order valence-corrected chi connectivity index (χ3v) is 3.94. The maximum absolute atomic E-state index is 14.1. The molecule has 2 aromatic rings. The fourth-order valence-electron chi connectivity index (χ4n) is 2.28. The smallest absolute Gasteiger partial charge is 0.419 e. The Labute approximate surface area is 153 Å². The van der Waals surface area contributed by atoms with Crippen LogP contribution in [0.1, 0.15) is 23.6 Å². The molecule has 2 aromatic carbocycles. The lowest BCUT2D eigenvalue weighted by atomic mass is 10.1. The van der Waals surface area contributed by atoms with E-state index in [1.807, 2.05) is 0 Å². The Bertz CT molecular complexity index is 793. The maximum Gasteiger partial charge on any atom is 0.419 e. The third kappa shape index (κ3) is 4.85. The van der Waals surface area contributed by atoms with Gasteiger partial charge in [-0.1, -0.05) is 19.1 Å². The number of halogens is 4. The van der Waals surface area contributed by atoms with Crippen LogP contribution in [0, 0.1) is 5.82 Å². The van der Waals surface area contributed by atoms with Gasteiger partial charge in [-0.2, -0.15) is 13.2 Å². The first-order valence-electron chi connectivity index (χ1n) is 7.71. The highest BCUT2D eigenvalue weighted by Gasteiger charge is 2.34. The van der Waals surface area contributed by atoms with Gasteiger partial charge in [0.1, 0.15) is 18.2 Å². The van der Waals surface area contributed by atoms with E-state index in [2.05, 4.69) is 5.32 Å². The Morgan fingerprint density at radius 1 is 1.19 bits per heavy atom. The van der Waals surface area contributed by atoms with E-state index < -0.39 is 24.2 Å². The second kappa shape index (κ2) is 8.35. The van der Waals surface area contributed by atoms with Gasteiger partial charge in [0.2, 0.25) is 0 Å². The van der Waals surface area contributed by atoms with Crippen LogP contribution in [0.15, 0.2) is 36.4 Å². The van der Waals surface area contributed by atoms with Crippen molar-refractivity contribution in [1.82, 2.24) is 0 Å². The van der Waals surface area contributed by atoms with Crippen LogP contribution >= 0.6 is 12.2 Å². The van der Waals surface area contributed by atoms with E-state index in [1.54, 1.807) is 13.0 Å². The Morgan fingerprint density at radius 2 is 1.92 bits per heavy atom. The number of alkyl halides is 3. The molecule has 0 fully saturated rings. The summed E-state index contributed by atoms with van der Waals surface area (Å²) in [4.78, 5) is 0. The minimum atomic E-state index is -4.57. The zero-order valence-corrected chi connectivity index (χ0v) is 14.9. The summed E-state index contributed by atoms with van der Waals surface area (Å²) in [6, 6.07) is 7.98. The van der Waals surface area contributed by atoms with Gasteiger partial charge in [-0.3, -0.25) is 0 Å². The molecule has 140 valence electrons. The quantitative estimate of drug-likeness (QED) is 0.555. The second-order valence-electron chi connectivity index (χ2n) is 5.35. The van der Waals surface area contributed by atoms with E-state index in [-0.39, 0.29) is 22.2 Å². The molecule has 0 atom stereocenters. The van der Waals surface area contributed by atoms with E-state index >= 15 is 0 Å². The molecule has 0 saturated carbocycles. The Morgan fingerprint density at radius 3 is 2.54 bits per heavy atom. The molecule has 0 bridgehead atoms. The van der Waals surface area contributed by atoms with Crippen molar-refractivity contribution >= 4 is 23.1 Å². The van der Waals surface area contributed by atoms with Crippen molar-refractivity contribution < 1.29 is 27.0 Å². The lowest BCUT2D eigenvalue weighted by molar-refractivity contribution is -0.139. The molecule has 0 saturated heterocycles. The van der Waals surface area contributed by atoms with Crippen LogP contribution < -0.4 is 10.1 Å². The number of methoxy groups -OCH3 is 1. The predicted molar refractivity (Wildman–Crippen MR) is 94.8 cm³/mol. The van der Waals surface area contributed by atoms with Crippen molar-refractivity contribution in [3.8, 4) is 5.75 Å². The number of rotatable bonds is 5. The minimum Gasteiger partial charge on any atom is -0.488 e. The van der Waals surface area contributed by atoms with Crippen molar-refractivity contribution in [3.05, 3.63) is 58.9 Å². The normalized spacial score (nSPS) is 11.2. The van der Waals surface area contributed by atoms with Crippen molar-refractivity contribution in [1.29, 1.82) is 0 Å². The average molecular weight is 387 g/mol. The SMILES string of the molecule is CCc1ccc(OCc2c(F)cccc2NC(=S)OC)c(C(F)(F)F)c1. The van der Waals surface area contributed by atoms with Crippen LogP contribution in [0.25, 0.3) is 0 Å². The van der Waals surface area contributed by atoms with Gasteiger partial charge in [-0.15, -0.1) is 0 Å². The number of hydrogen-bond donors (Lipinski definition) is 1. The van der Waals surface area contributed by atoms with E-state index in [4.69, 9.17) is 21.7 Å². The predicted octanol–water partition coefficient (Wildman–Crippen LogP) is 5.33. The van der Waals surface area contributed by atoms with Crippen molar-refractivity contribution in [2.45, 2.75) is 26.1 Å². The van der Waals surface area contributed by atoms with E-state index in [1.165, 1.54) is 31.4 Å². The zero-order chi connectivity index (χ0) is 19.3. The Balaban J connectivity index is 2.31. The number of nitrogens with one attached hydrogen (secondary N) is 1. The molecule has 8 heteroatoms. The van der Waals surface area contributed by atoms with Crippen LogP contribution in [0.2, 0.25) is 0 Å². The van der Waals surface area contributed by atoms with Gasteiger partial charge >= 0.3 is 6.18 Å². The molecule has 2 rings (SSSR count). The lowest BCUT2D eigenvalue weighted by Gasteiger charge is -2.17. The van der Waals surface area contributed by atoms with Crippen LogP contribution in [0.3, 0.4) is 0 Å². The van der Waals surface area contributed by atoms with Crippen LogP contribution in [0.5, 0.6) is 5.75 Å². The van der Waals surface area contributed by atoms with Crippen LogP contribution in [-0.2, 0) is 23.9 Å². The fourth-order valence-corrected chi connectivity index (χ4v) is 2.39. The summed E-state index contributed by atoms with van der Waals surface area (Å²) in [6.45, 7) is 1.35. The van der Waals surface area contributed by atoms with Crippen LogP contribution in [0.4, 0.5) is 23.2 Å². The first-order chi connectivity index (χ1) is 12.3. The standard InChI is InChI=1S/C18H17F4NO2S/c1-3-11-7-8-16(13(9-11)18(20,21)22)25-10-12-14(19)5-4-6-15(12)23-17(26)24-2/h4-9H,3,10H2,1-2H3,(H,23,26). The summed E-state index contributed by atoms with van der Waals surface area (Å²) in [5.74, 6) is -0.995. The van der Waals surface area contributed by atoms with E-state index in [9.17, 15) is 17.6 Å². The van der Waals surface area contributed by atoms with E-state index in [0.29, 0.717) is 12.0 Å². The first kappa shape index (κ1) is 20.0. The largest absolute Gasteiger partial charge is 0.488 e. The molecular weight excluding hydrogens is 370 g/mol. The molecule has 0 aromatic heterocycles. The molecule has 26 heavy (non-hydrogen) atoms. The molecular formula is C18H17F4NO2S. The molecule has 0 radical (unpaired) electrons. The van der Waals surface area contributed by atoms with Crippen molar-refractivity contribution in [3.63, 3.8) is 0 Å². The number of thiocarbonyl (C=S) groups is 1. The number of anilines is 1. The van der Waals surface area contributed by atoms with E-state index in [0.717, 1.165) is 6.07 Å². The number of benzene rings is 2. The number of ether oxygens (including phenoxy) is 2. The van der Waals surface area contributed by atoms with Gasteiger partial charge in [0, 0.05) is 5.56 Å². The monoisotopic (exact) mass is 387 g/mol. The summed E-state index contributed by atoms with van der Waals surface area (Å²) in [6.07, 6.45) is -4.12. The Kier molecular flexibility index (Phi) is 6.42. The van der Waals surface area contributed by atoms with Gasteiger partial charge in [0.05, 0.1) is 18.4 Å². The number of hydrogen-bond acceptors (Lipinski definition) is 3. The summed E-state index contributed by atoms with van der Waals surface area (Å²) in [7, 11) is 1.34. The van der Waals surface area contributed by atoms with Gasteiger partial charge in [0.25, 0.3) is 5.17 Å². The highest BCUT2D eigenvalue weighted by atomic mass is 32.1.